The Morgan fingerprint density at radius 1 is 1.47 bits per heavy atom. The molecule has 1 nitrogen and oxygen atoms in total. The number of rotatable bonds is 5. The van der Waals surface area contributed by atoms with Crippen molar-refractivity contribution in [2.24, 2.45) is 0 Å². The number of aryl methyl sites for hydroxylation is 1. The van der Waals surface area contributed by atoms with Gasteiger partial charge in [0.2, 0.25) is 0 Å². The van der Waals surface area contributed by atoms with E-state index in [4.69, 9.17) is 16.3 Å². The summed E-state index contributed by atoms with van der Waals surface area (Å²) < 4.78 is 18.7. The van der Waals surface area contributed by atoms with E-state index in [9.17, 15) is 4.39 Å². The summed E-state index contributed by atoms with van der Waals surface area (Å²) in [6.07, 6.45) is 1.54. The molecule has 15 heavy (non-hydrogen) atoms. The van der Waals surface area contributed by atoms with Crippen LogP contribution in [0.3, 0.4) is 0 Å². The van der Waals surface area contributed by atoms with Gasteiger partial charge in [-0.3, -0.25) is 0 Å². The lowest BCUT2D eigenvalue weighted by Gasteiger charge is -2.08. The second-order valence-corrected chi connectivity index (χ2v) is 4.90. The minimum absolute atomic E-state index is 0.0166. The van der Waals surface area contributed by atoms with Crippen molar-refractivity contribution < 1.29 is 9.13 Å². The predicted molar refractivity (Wildman–Crippen MR) is 63.9 cm³/mol. The van der Waals surface area contributed by atoms with Crippen LogP contribution in [0.25, 0.3) is 0 Å². The Balaban J connectivity index is 2.50. The lowest BCUT2D eigenvalue weighted by Crippen LogP contribution is -2.08. The molecular weight excluding hydrogens is 282 g/mol. The molecule has 1 atom stereocenters. The fourth-order valence-corrected chi connectivity index (χ4v) is 2.09. The highest BCUT2D eigenvalue weighted by atomic mass is 79.9. The summed E-state index contributed by atoms with van der Waals surface area (Å²) in [5.74, 6) is -0.225. The lowest BCUT2D eigenvalue weighted by atomic mass is 10.1. The van der Waals surface area contributed by atoms with Crippen LogP contribution < -0.4 is 0 Å². The van der Waals surface area contributed by atoms with E-state index in [0.29, 0.717) is 6.61 Å². The zero-order chi connectivity index (χ0) is 11.3. The van der Waals surface area contributed by atoms with Gasteiger partial charge in [0.1, 0.15) is 5.82 Å². The Hall–Kier alpha value is -0.120. The molecule has 0 saturated heterocycles. The van der Waals surface area contributed by atoms with Gasteiger partial charge in [0.25, 0.3) is 0 Å². The molecule has 0 bridgehead atoms. The highest BCUT2D eigenvalue weighted by Crippen LogP contribution is 2.17. The summed E-state index contributed by atoms with van der Waals surface area (Å²) in [4.78, 5) is 0. The molecule has 0 aliphatic rings. The van der Waals surface area contributed by atoms with Crippen molar-refractivity contribution in [3.05, 3.63) is 34.1 Å². The van der Waals surface area contributed by atoms with Crippen LogP contribution >= 0.6 is 27.5 Å². The smallest absolute Gasteiger partial charge is 0.124 e. The molecular formula is C11H13BrClFO. The van der Waals surface area contributed by atoms with Crippen LogP contribution in [-0.4, -0.2) is 19.1 Å². The number of hydrogen-bond donors (Lipinski definition) is 0. The number of hydrogen-bond acceptors (Lipinski definition) is 1. The summed E-state index contributed by atoms with van der Waals surface area (Å²) >= 11 is 9.23. The molecule has 0 aliphatic carbocycles. The first-order valence-electron chi connectivity index (χ1n) is 4.70. The van der Waals surface area contributed by atoms with Gasteiger partial charge < -0.3 is 4.74 Å². The van der Waals surface area contributed by atoms with Crippen molar-refractivity contribution in [1.82, 2.24) is 0 Å². The normalized spacial score (nSPS) is 12.8. The zero-order valence-electron chi connectivity index (χ0n) is 8.47. The Morgan fingerprint density at radius 3 is 2.80 bits per heavy atom. The monoisotopic (exact) mass is 294 g/mol. The van der Waals surface area contributed by atoms with Gasteiger partial charge in [0.15, 0.2) is 0 Å². The zero-order valence-corrected chi connectivity index (χ0v) is 10.8. The van der Waals surface area contributed by atoms with Crippen LogP contribution in [-0.2, 0) is 11.2 Å². The SMILES string of the molecule is COCC(Cl)CCc1cc(F)cc(Br)c1. The molecule has 0 aromatic heterocycles. The first-order chi connectivity index (χ1) is 7.11. The van der Waals surface area contributed by atoms with Crippen molar-refractivity contribution in [2.45, 2.75) is 18.2 Å². The first-order valence-corrected chi connectivity index (χ1v) is 5.92. The predicted octanol–water partition coefficient (Wildman–Crippen LogP) is 3.77. The second kappa shape index (κ2) is 6.46. The van der Waals surface area contributed by atoms with Gasteiger partial charge >= 0.3 is 0 Å². The molecule has 0 radical (unpaired) electrons. The summed E-state index contributed by atoms with van der Waals surface area (Å²) in [6.45, 7) is 0.526. The van der Waals surface area contributed by atoms with E-state index in [-0.39, 0.29) is 11.2 Å². The van der Waals surface area contributed by atoms with E-state index in [2.05, 4.69) is 15.9 Å². The van der Waals surface area contributed by atoms with E-state index in [1.165, 1.54) is 12.1 Å². The fraction of sp³-hybridized carbons (Fsp3) is 0.455. The lowest BCUT2D eigenvalue weighted by molar-refractivity contribution is 0.195. The van der Waals surface area contributed by atoms with Crippen LogP contribution in [0.15, 0.2) is 22.7 Å². The van der Waals surface area contributed by atoms with Crippen molar-refractivity contribution in [1.29, 1.82) is 0 Å². The second-order valence-electron chi connectivity index (χ2n) is 3.37. The fourth-order valence-electron chi connectivity index (χ4n) is 1.34. The minimum atomic E-state index is -0.225. The van der Waals surface area contributed by atoms with Gasteiger partial charge in [-0.25, -0.2) is 4.39 Å². The number of methoxy groups -OCH3 is 1. The number of alkyl halides is 1. The molecule has 0 N–H and O–H groups in total. The first kappa shape index (κ1) is 12.9. The third kappa shape index (κ3) is 4.96. The van der Waals surface area contributed by atoms with E-state index in [1.807, 2.05) is 6.07 Å². The molecule has 4 heteroatoms. The quantitative estimate of drug-likeness (QED) is 0.751. The van der Waals surface area contributed by atoms with Crippen molar-refractivity contribution in [3.8, 4) is 0 Å². The van der Waals surface area contributed by atoms with Crippen LogP contribution in [0.2, 0.25) is 0 Å². The molecule has 0 saturated carbocycles. The molecule has 0 amide bonds. The van der Waals surface area contributed by atoms with Crippen LogP contribution in [0, 0.1) is 5.82 Å². The maximum atomic E-state index is 13.0. The Labute approximate surface area is 103 Å². The maximum absolute atomic E-state index is 13.0. The molecule has 0 heterocycles. The summed E-state index contributed by atoms with van der Waals surface area (Å²) in [7, 11) is 1.62. The van der Waals surface area contributed by atoms with Gasteiger partial charge in [0.05, 0.1) is 12.0 Å². The van der Waals surface area contributed by atoms with Gasteiger partial charge in [0, 0.05) is 11.6 Å². The van der Waals surface area contributed by atoms with Gasteiger partial charge in [-0.2, -0.15) is 0 Å². The number of benzene rings is 1. The largest absolute Gasteiger partial charge is 0.383 e. The van der Waals surface area contributed by atoms with E-state index in [1.54, 1.807) is 7.11 Å². The number of ether oxygens (including phenoxy) is 1. The van der Waals surface area contributed by atoms with Gasteiger partial charge in [-0.05, 0) is 36.6 Å². The third-order valence-corrected chi connectivity index (χ3v) is 2.82. The molecule has 0 fully saturated rings. The van der Waals surface area contributed by atoms with Gasteiger partial charge in [-0.15, -0.1) is 11.6 Å². The minimum Gasteiger partial charge on any atom is -0.383 e. The van der Waals surface area contributed by atoms with Crippen LogP contribution in [0.1, 0.15) is 12.0 Å². The van der Waals surface area contributed by atoms with Crippen LogP contribution in [0.5, 0.6) is 0 Å². The van der Waals surface area contributed by atoms with Crippen molar-refractivity contribution in [2.75, 3.05) is 13.7 Å². The standard InChI is InChI=1S/C11H13BrClFO/c1-15-7-10(13)3-2-8-4-9(12)6-11(14)5-8/h4-6,10H,2-3,7H2,1H3. The van der Waals surface area contributed by atoms with E-state index < -0.39 is 0 Å². The molecule has 0 aliphatic heterocycles. The molecule has 1 aromatic rings. The molecule has 0 spiro atoms. The Bertz CT molecular complexity index is 299. The van der Waals surface area contributed by atoms with Gasteiger partial charge in [-0.1, -0.05) is 15.9 Å². The Kier molecular flexibility index (Phi) is 5.58. The number of halogens is 3. The third-order valence-electron chi connectivity index (χ3n) is 2.02. The summed E-state index contributed by atoms with van der Waals surface area (Å²) in [6, 6.07) is 4.87. The topological polar surface area (TPSA) is 9.23 Å². The van der Waals surface area contributed by atoms with Crippen molar-refractivity contribution in [3.63, 3.8) is 0 Å². The average molecular weight is 296 g/mol. The molecule has 84 valence electrons. The van der Waals surface area contributed by atoms with Crippen molar-refractivity contribution >= 4 is 27.5 Å². The van der Waals surface area contributed by atoms with Crippen LogP contribution in [0.4, 0.5) is 4.39 Å². The summed E-state index contributed by atoms with van der Waals surface area (Å²) in [5, 5.41) is -0.0166. The maximum Gasteiger partial charge on any atom is 0.124 e. The van der Waals surface area contributed by atoms with E-state index >= 15 is 0 Å². The molecule has 1 unspecified atom stereocenters. The molecule has 1 rings (SSSR count). The van der Waals surface area contributed by atoms with E-state index in [0.717, 1.165) is 22.9 Å². The highest BCUT2D eigenvalue weighted by Gasteiger charge is 2.05. The molecule has 1 aromatic carbocycles. The summed E-state index contributed by atoms with van der Waals surface area (Å²) in [5.41, 5.74) is 0.948. The Morgan fingerprint density at radius 2 is 2.20 bits per heavy atom. The highest BCUT2D eigenvalue weighted by molar-refractivity contribution is 9.10. The average Bonchev–Trinajstić information content (AvgIpc) is 2.14.